The number of likely N-dealkylation sites (N-methyl/N-ethyl adjacent to an activating group) is 1. The lowest BCUT2D eigenvalue weighted by atomic mass is 10.1. The second-order valence-corrected chi connectivity index (χ2v) is 4.86. The molecule has 1 saturated heterocycles. The monoisotopic (exact) mass is 265 g/mol. The van der Waals surface area contributed by atoms with Gasteiger partial charge in [-0.15, -0.1) is 0 Å². The number of hydrogen-bond acceptors (Lipinski definition) is 3. The van der Waals surface area contributed by atoms with Crippen LogP contribution in [0.5, 0.6) is 0 Å². The first-order chi connectivity index (χ1) is 9.08. The van der Waals surface area contributed by atoms with Crippen LogP contribution in [-0.2, 0) is 0 Å². The van der Waals surface area contributed by atoms with Gasteiger partial charge >= 0.3 is 0 Å². The fourth-order valence-corrected chi connectivity index (χ4v) is 2.48. The topological polar surface area (TPSA) is 30.3 Å². The molecule has 0 amide bonds. The summed E-state index contributed by atoms with van der Waals surface area (Å²) in [6.07, 6.45) is 0.966. The largest absolute Gasteiger partial charge is 0.366 e. The number of nitriles is 1. The first kappa shape index (κ1) is 13.8. The molecular formula is C14H17F2N3. The summed E-state index contributed by atoms with van der Waals surface area (Å²) < 4.78 is 27.6. The lowest BCUT2D eigenvalue weighted by Crippen LogP contribution is -2.51. The van der Waals surface area contributed by atoms with Crippen molar-refractivity contribution in [1.29, 1.82) is 5.26 Å². The smallest absolute Gasteiger partial charge is 0.183 e. The van der Waals surface area contributed by atoms with Crippen LogP contribution in [0.4, 0.5) is 14.5 Å². The fourth-order valence-electron chi connectivity index (χ4n) is 2.48. The Hall–Kier alpha value is -1.67. The summed E-state index contributed by atoms with van der Waals surface area (Å²) in [5.74, 6) is -1.97. The van der Waals surface area contributed by atoms with Crippen LogP contribution in [0.15, 0.2) is 12.1 Å². The van der Waals surface area contributed by atoms with Crippen molar-refractivity contribution in [3.8, 4) is 6.07 Å². The minimum absolute atomic E-state index is 0.248. The molecule has 102 valence electrons. The Morgan fingerprint density at radius 1 is 1.32 bits per heavy atom. The van der Waals surface area contributed by atoms with Gasteiger partial charge in [-0.3, -0.25) is 4.90 Å². The molecule has 0 aliphatic carbocycles. The Morgan fingerprint density at radius 3 is 2.68 bits per heavy atom. The van der Waals surface area contributed by atoms with Gasteiger partial charge in [-0.1, -0.05) is 6.92 Å². The number of hydrogen-bond donors (Lipinski definition) is 0. The number of piperazine rings is 1. The van der Waals surface area contributed by atoms with Crippen LogP contribution in [0.3, 0.4) is 0 Å². The molecule has 1 aromatic rings. The number of rotatable bonds is 2. The Morgan fingerprint density at radius 2 is 2.05 bits per heavy atom. The fraction of sp³-hybridized carbons (Fsp3) is 0.500. The van der Waals surface area contributed by atoms with Crippen molar-refractivity contribution in [2.45, 2.75) is 19.4 Å². The number of nitrogens with zero attached hydrogens (tertiary/aromatic N) is 3. The molecule has 3 nitrogen and oxygen atoms in total. The predicted molar refractivity (Wildman–Crippen MR) is 70.0 cm³/mol. The highest BCUT2D eigenvalue weighted by molar-refractivity contribution is 5.52. The molecule has 19 heavy (non-hydrogen) atoms. The Kier molecular flexibility index (Phi) is 4.01. The van der Waals surface area contributed by atoms with E-state index in [2.05, 4.69) is 11.8 Å². The van der Waals surface area contributed by atoms with Crippen LogP contribution in [0.25, 0.3) is 0 Å². The van der Waals surface area contributed by atoms with Gasteiger partial charge in [0.05, 0.1) is 11.3 Å². The number of halogens is 2. The lowest BCUT2D eigenvalue weighted by Gasteiger charge is -2.40. The van der Waals surface area contributed by atoms with Crippen molar-refractivity contribution in [3.63, 3.8) is 0 Å². The third-order valence-electron chi connectivity index (χ3n) is 3.77. The molecule has 1 fully saturated rings. The average Bonchev–Trinajstić information content (AvgIpc) is 2.43. The molecule has 0 spiro atoms. The van der Waals surface area contributed by atoms with Crippen LogP contribution in [0, 0.1) is 23.0 Å². The van der Waals surface area contributed by atoms with Crippen LogP contribution in [-0.4, -0.2) is 37.6 Å². The van der Waals surface area contributed by atoms with Crippen molar-refractivity contribution >= 4 is 5.69 Å². The Labute approximate surface area is 112 Å². The summed E-state index contributed by atoms with van der Waals surface area (Å²) in [5.41, 5.74) is 0.00506. The van der Waals surface area contributed by atoms with E-state index in [4.69, 9.17) is 5.26 Å². The molecule has 2 rings (SSSR count). The van der Waals surface area contributed by atoms with Crippen LogP contribution in [0.2, 0.25) is 0 Å². The van der Waals surface area contributed by atoms with Gasteiger partial charge in [0.25, 0.3) is 0 Å². The highest BCUT2D eigenvalue weighted by Gasteiger charge is 2.26. The zero-order valence-electron chi connectivity index (χ0n) is 11.2. The summed E-state index contributed by atoms with van der Waals surface area (Å²) in [6.45, 7) is 4.24. The van der Waals surface area contributed by atoms with Crippen LogP contribution >= 0.6 is 0 Å². The van der Waals surface area contributed by atoms with E-state index < -0.39 is 11.6 Å². The summed E-state index contributed by atoms with van der Waals surface area (Å²) in [7, 11) is 2.04. The molecule has 0 bridgehead atoms. The maximum Gasteiger partial charge on any atom is 0.183 e. The average molecular weight is 265 g/mol. The van der Waals surface area contributed by atoms with Gasteiger partial charge in [-0.25, -0.2) is 8.78 Å². The Bertz CT molecular complexity index is 510. The van der Waals surface area contributed by atoms with Gasteiger partial charge in [0, 0.05) is 25.7 Å². The van der Waals surface area contributed by atoms with E-state index in [0.29, 0.717) is 19.1 Å². The van der Waals surface area contributed by atoms with E-state index >= 15 is 0 Å². The van der Waals surface area contributed by atoms with Crippen molar-refractivity contribution in [3.05, 3.63) is 29.3 Å². The second-order valence-electron chi connectivity index (χ2n) is 4.86. The van der Waals surface area contributed by atoms with Crippen molar-refractivity contribution in [1.82, 2.24) is 4.90 Å². The highest BCUT2D eigenvalue weighted by atomic mass is 19.2. The summed E-state index contributed by atoms with van der Waals surface area (Å²) in [5, 5.41) is 8.68. The van der Waals surface area contributed by atoms with Crippen molar-refractivity contribution < 1.29 is 8.78 Å². The maximum atomic E-state index is 14.0. The van der Waals surface area contributed by atoms with E-state index in [9.17, 15) is 8.78 Å². The van der Waals surface area contributed by atoms with Gasteiger partial charge in [-0.05, 0) is 25.6 Å². The molecule has 0 radical (unpaired) electrons. The van der Waals surface area contributed by atoms with Gasteiger partial charge in [-0.2, -0.15) is 5.26 Å². The zero-order chi connectivity index (χ0) is 14.0. The van der Waals surface area contributed by atoms with Crippen LogP contribution < -0.4 is 4.90 Å². The first-order valence-corrected chi connectivity index (χ1v) is 6.41. The molecule has 1 unspecified atom stereocenters. The van der Waals surface area contributed by atoms with Crippen molar-refractivity contribution in [2.75, 3.05) is 31.6 Å². The SMILES string of the molecule is CCC1CN(c2ccc(C#N)c(F)c2F)CCN1C. The number of anilines is 1. The molecule has 0 saturated carbocycles. The lowest BCUT2D eigenvalue weighted by molar-refractivity contribution is 0.212. The third-order valence-corrected chi connectivity index (χ3v) is 3.77. The molecule has 1 atom stereocenters. The normalized spacial score (nSPS) is 20.4. The molecule has 1 aliphatic rings. The van der Waals surface area contributed by atoms with E-state index in [1.807, 2.05) is 11.9 Å². The molecule has 1 aliphatic heterocycles. The van der Waals surface area contributed by atoms with Crippen LogP contribution in [0.1, 0.15) is 18.9 Å². The summed E-state index contributed by atoms with van der Waals surface area (Å²) in [4.78, 5) is 4.09. The third kappa shape index (κ3) is 2.54. The molecule has 0 N–H and O–H groups in total. The molecule has 0 aromatic heterocycles. The molecule has 1 heterocycles. The zero-order valence-corrected chi connectivity index (χ0v) is 11.2. The standard InChI is InChI=1S/C14H17F2N3/c1-3-11-9-19(7-6-18(11)2)12-5-4-10(8-17)13(15)14(12)16/h4-5,11H,3,6-7,9H2,1-2H3. The predicted octanol–water partition coefficient (Wildman–Crippen LogP) is 2.37. The molecule has 5 heteroatoms. The van der Waals surface area contributed by atoms with Gasteiger partial charge in [0.2, 0.25) is 0 Å². The van der Waals surface area contributed by atoms with Crippen molar-refractivity contribution in [2.24, 2.45) is 0 Å². The maximum absolute atomic E-state index is 14.0. The van der Waals surface area contributed by atoms with E-state index in [0.717, 1.165) is 13.0 Å². The minimum Gasteiger partial charge on any atom is -0.366 e. The Balaban J connectivity index is 2.28. The molecular weight excluding hydrogens is 248 g/mol. The summed E-state index contributed by atoms with van der Waals surface area (Å²) >= 11 is 0. The summed E-state index contributed by atoms with van der Waals surface area (Å²) in [6, 6.07) is 4.83. The molecule has 1 aromatic carbocycles. The second kappa shape index (κ2) is 5.54. The minimum atomic E-state index is -1.05. The van der Waals surface area contributed by atoms with E-state index in [-0.39, 0.29) is 11.3 Å². The quantitative estimate of drug-likeness (QED) is 0.822. The highest BCUT2D eigenvalue weighted by Crippen LogP contribution is 2.26. The van der Waals surface area contributed by atoms with Gasteiger partial charge < -0.3 is 4.90 Å². The number of benzene rings is 1. The van der Waals surface area contributed by atoms with E-state index in [1.165, 1.54) is 12.1 Å². The van der Waals surface area contributed by atoms with E-state index in [1.54, 1.807) is 6.07 Å². The first-order valence-electron chi connectivity index (χ1n) is 6.41. The van der Waals surface area contributed by atoms with Gasteiger partial charge in [0.1, 0.15) is 6.07 Å². The van der Waals surface area contributed by atoms with Gasteiger partial charge in [0.15, 0.2) is 11.6 Å².